The quantitative estimate of drug-likeness (QED) is 0.490. The lowest BCUT2D eigenvalue weighted by atomic mass is 9.93. The van der Waals surface area contributed by atoms with Crippen LogP contribution in [0.3, 0.4) is 0 Å². The van der Waals surface area contributed by atoms with Crippen LogP contribution in [0.25, 0.3) is 22.3 Å². The Morgan fingerprint density at radius 1 is 1.21 bits per heavy atom. The molecule has 0 aliphatic heterocycles. The van der Waals surface area contributed by atoms with Gasteiger partial charge in [0, 0.05) is 17.9 Å². The van der Waals surface area contributed by atoms with Crippen LogP contribution < -0.4 is 0 Å². The van der Waals surface area contributed by atoms with Crippen molar-refractivity contribution in [3.63, 3.8) is 0 Å². The summed E-state index contributed by atoms with van der Waals surface area (Å²) in [4.78, 5) is 8.02. The molecule has 1 fully saturated rings. The van der Waals surface area contributed by atoms with Gasteiger partial charge in [-0.2, -0.15) is 18.3 Å². The fraction of sp³-hybridized carbons (Fsp3) is 0.476. The van der Waals surface area contributed by atoms with Gasteiger partial charge in [-0.3, -0.25) is 0 Å². The van der Waals surface area contributed by atoms with Gasteiger partial charge in [-0.1, -0.05) is 37.9 Å². The van der Waals surface area contributed by atoms with Crippen LogP contribution in [0.5, 0.6) is 0 Å². The molecule has 1 saturated carbocycles. The summed E-state index contributed by atoms with van der Waals surface area (Å²) < 4.78 is 39.0. The van der Waals surface area contributed by atoms with Gasteiger partial charge in [0.15, 0.2) is 0 Å². The summed E-state index contributed by atoms with van der Waals surface area (Å²) >= 11 is 6.22. The van der Waals surface area contributed by atoms with Crippen molar-refractivity contribution in [2.24, 2.45) is 5.92 Å². The first kappa shape index (κ1) is 20.1. The Morgan fingerprint density at radius 2 is 1.97 bits per heavy atom. The van der Waals surface area contributed by atoms with Crippen molar-refractivity contribution in [1.82, 2.24) is 20.2 Å². The van der Waals surface area contributed by atoms with Crippen LogP contribution >= 0.6 is 11.6 Å². The van der Waals surface area contributed by atoms with Crippen molar-refractivity contribution < 1.29 is 13.2 Å². The Morgan fingerprint density at radius 3 is 2.55 bits per heavy atom. The number of nitrogens with one attached hydrogen (secondary N) is 1. The molecule has 1 atom stereocenters. The molecule has 1 aromatic carbocycles. The first-order chi connectivity index (χ1) is 13.8. The van der Waals surface area contributed by atoms with Crippen LogP contribution in [0.15, 0.2) is 18.2 Å². The molecule has 0 spiro atoms. The van der Waals surface area contributed by atoms with Gasteiger partial charge in [0.1, 0.15) is 17.0 Å². The molecule has 1 aliphatic carbocycles. The monoisotopic (exact) mass is 422 g/mol. The van der Waals surface area contributed by atoms with Gasteiger partial charge >= 0.3 is 6.18 Å². The molecule has 2 heterocycles. The van der Waals surface area contributed by atoms with E-state index in [4.69, 9.17) is 16.6 Å². The Hall–Kier alpha value is -2.15. The first-order valence-corrected chi connectivity index (χ1v) is 10.3. The molecule has 3 aromatic rings. The second-order valence-corrected chi connectivity index (χ2v) is 8.03. The number of H-pyrrole nitrogens is 1. The third kappa shape index (κ3) is 3.84. The molecule has 0 radical (unpaired) electrons. The highest BCUT2D eigenvalue weighted by Crippen LogP contribution is 2.46. The van der Waals surface area contributed by atoms with Crippen molar-refractivity contribution >= 4 is 22.6 Å². The SMILES string of the molecule is CCCC(c1nnc(-c2ccc(C(F)(F)F)cc2Cl)c2[nH]c(CC)nc12)C1CC1. The highest BCUT2D eigenvalue weighted by Gasteiger charge is 2.35. The Bertz CT molecular complexity index is 1040. The second kappa shape index (κ2) is 7.59. The Balaban J connectivity index is 1.86. The molecule has 1 aliphatic rings. The predicted molar refractivity (Wildman–Crippen MR) is 107 cm³/mol. The fourth-order valence-corrected chi connectivity index (χ4v) is 4.14. The minimum Gasteiger partial charge on any atom is -0.340 e. The van der Waals surface area contributed by atoms with E-state index in [0.717, 1.165) is 42.0 Å². The summed E-state index contributed by atoms with van der Waals surface area (Å²) in [5.74, 6) is 1.71. The molecule has 0 amide bonds. The maximum atomic E-state index is 13.0. The van der Waals surface area contributed by atoms with Gasteiger partial charge in [0.2, 0.25) is 0 Å². The predicted octanol–water partition coefficient (Wildman–Crippen LogP) is 6.55. The number of benzene rings is 1. The number of fused-ring (bicyclic) bond motifs is 1. The highest BCUT2D eigenvalue weighted by molar-refractivity contribution is 6.33. The number of hydrogen-bond donors (Lipinski definition) is 1. The van der Waals surface area contributed by atoms with Crippen LogP contribution in [-0.4, -0.2) is 20.2 Å². The average Bonchev–Trinajstić information content (AvgIpc) is 3.42. The van der Waals surface area contributed by atoms with Crippen molar-refractivity contribution in [2.75, 3.05) is 0 Å². The third-order valence-electron chi connectivity index (χ3n) is 5.52. The molecule has 1 N–H and O–H groups in total. The maximum absolute atomic E-state index is 13.0. The van der Waals surface area contributed by atoms with Crippen LogP contribution in [0, 0.1) is 5.92 Å². The number of imidazole rings is 1. The lowest BCUT2D eigenvalue weighted by Gasteiger charge is -2.16. The van der Waals surface area contributed by atoms with Gasteiger partial charge in [-0.15, -0.1) is 5.10 Å². The normalized spacial score (nSPS) is 15.8. The topological polar surface area (TPSA) is 54.5 Å². The minimum absolute atomic E-state index is 0.0110. The smallest absolute Gasteiger partial charge is 0.340 e. The molecule has 0 saturated heterocycles. The largest absolute Gasteiger partial charge is 0.416 e. The van der Waals surface area contributed by atoms with E-state index in [1.165, 1.54) is 18.9 Å². The van der Waals surface area contributed by atoms with Crippen LogP contribution in [0.1, 0.15) is 62.5 Å². The fourth-order valence-electron chi connectivity index (χ4n) is 3.87. The molecule has 154 valence electrons. The van der Waals surface area contributed by atoms with Crippen LogP contribution in [0.4, 0.5) is 13.2 Å². The molecule has 0 bridgehead atoms. The van der Waals surface area contributed by atoms with Crippen LogP contribution in [-0.2, 0) is 12.6 Å². The maximum Gasteiger partial charge on any atom is 0.416 e. The molecular weight excluding hydrogens is 401 g/mol. The summed E-state index contributed by atoms with van der Waals surface area (Å²) in [6, 6.07) is 3.30. The summed E-state index contributed by atoms with van der Waals surface area (Å²) in [5, 5.41) is 8.90. The summed E-state index contributed by atoms with van der Waals surface area (Å²) in [6.07, 6.45) is 0.687. The number of nitrogens with zero attached hydrogens (tertiary/aromatic N) is 3. The van der Waals surface area contributed by atoms with Crippen molar-refractivity contribution in [3.05, 3.63) is 40.3 Å². The van der Waals surface area contributed by atoms with Gasteiger partial charge < -0.3 is 4.98 Å². The van der Waals surface area contributed by atoms with Crippen molar-refractivity contribution in [3.8, 4) is 11.3 Å². The number of alkyl halides is 3. The lowest BCUT2D eigenvalue weighted by Crippen LogP contribution is -2.08. The standard InChI is InChI=1S/C21H22ClF3N4/c1-3-5-13(11-6-7-11)17-19-20(27-16(4-2)26-19)18(29-28-17)14-9-8-12(10-15(14)22)21(23,24)25/h8-11,13H,3-7H2,1-2H3,(H,26,27). The number of aromatic nitrogens is 4. The van der Waals surface area contributed by atoms with E-state index in [0.29, 0.717) is 35.0 Å². The van der Waals surface area contributed by atoms with E-state index in [2.05, 4.69) is 22.1 Å². The van der Waals surface area contributed by atoms with E-state index < -0.39 is 11.7 Å². The van der Waals surface area contributed by atoms with Gasteiger partial charge in [-0.05, 0) is 37.3 Å². The zero-order valence-electron chi connectivity index (χ0n) is 16.3. The minimum atomic E-state index is -4.45. The van der Waals surface area contributed by atoms with Crippen LogP contribution in [0.2, 0.25) is 5.02 Å². The number of hydrogen-bond acceptors (Lipinski definition) is 3. The lowest BCUT2D eigenvalue weighted by molar-refractivity contribution is -0.137. The molecule has 8 heteroatoms. The number of halogens is 4. The Labute approximate surface area is 171 Å². The summed E-state index contributed by atoms with van der Waals surface area (Å²) in [7, 11) is 0. The first-order valence-electron chi connectivity index (χ1n) is 9.95. The zero-order chi connectivity index (χ0) is 20.8. The molecule has 2 aromatic heterocycles. The molecule has 4 nitrogen and oxygen atoms in total. The van der Waals surface area contributed by atoms with Crippen molar-refractivity contribution in [1.29, 1.82) is 0 Å². The molecule has 4 rings (SSSR count). The second-order valence-electron chi connectivity index (χ2n) is 7.62. The molecule has 29 heavy (non-hydrogen) atoms. The zero-order valence-corrected chi connectivity index (χ0v) is 17.0. The van der Waals surface area contributed by atoms with E-state index in [1.807, 2.05) is 6.92 Å². The van der Waals surface area contributed by atoms with E-state index in [-0.39, 0.29) is 5.02 Å². The number of aromatic amines is 1. The summed E-state index contributed by atoms with van der Waals surface area (Å²) in [5.41, 5.74) is 2.38. The third-order valence-corrected chi connectivity index (χ3v) is 5.83. The number of aryl methyl sites for hydroxylation is 1. The van der Waals surface area contributed by atoms with Gasteiger partial charge in [-0.25, -0.2) is 4.98 Å². The summed E-state index contributed by atoms with van der Waals surface area (Å²) in [6.45, 7) is 4.14. The average molecular weight is 423 g/mol. The van der Waals surface area contributed by atoms with E-state index in [1.54, 1.807) is 0 Å². The van der Waals surface area contributed by atoms with E-state index in [9.17, 15) is 13.2 Å². The van der Waals surface area contributed by atoms with Gasteiger partial charge in [0.25, 0.3) is 0 Å². The highest BCUT2D eigenvalue weighted by atomic mass is 35.5. The van der Waals surface area contributed by atoms with Gasteiger partial charge in [0.05, 0.1) is 21.8 Å². The van der Waals surface area contributed by atoms with Crippen molar-refractivity contribution in [2.45, 2.75) is 58.0 Å². The van der Waals surface area contributed by atoms with E-state index >= 15 is 0 Å². The number of rotatable bonds is 6. The molecule has 1 unspecified atom stereocenters. The Kier molecular flexibility index (Phi) is 5.27. The molecular formula is C21H22ClF3N4.